The normalized spacial score (nSPS) is 24.6. The minimum atomic E-state index is -5.08. The number of hydrogen-bond acceptors (Lipinski definition) is 7. The molecule has 36 heavy (non-hydrogen) atoms. The van der Waals surface area contributed by atoms with Gasteiger partial charge in [0.25, 0.3) is 0 Å². The fraction of sp³-hybridized carbons (Fsp3) is 0.714. The molecule has 1 aromatic heterocycles. The summed E-state index contributed by atoms with van der Waals surface area (Å²) in [6.07, 6.45) is -3.20. The lowest BCUT2D eigenvalue weighted by Crippen LogP contribution is -2.60. The van der Waals surface area contributed by atoms with E-state index >= 15 is 0 Å². The van der Waals surface area contributed by atoms with Crippen LogP contribution in [-0.4, -0.2) is 87.5 Å². The van der Waals surface area contributed by atoms with Gasteiger partial charge in [0.15, 0.2) is 0 Å². The highest BCUT2D eigenvalue weighted by molar-refractivity contribution is 5.73. The van der Waals surface area contributed by atoms with E-state index < -0.39 is 24.3 Å². The van der Waals surface area contributed by atoms with E-state index in [2.05, 4.69) is 20.4 Å². The summed E-state index contributed by atoms with van der Waals surface area (Å²) >= 11 is 0. The zero-order valence-corrected chi connectivity index (χ0v) is 19.3. The smallest absolute Gasteiger partial charge is 0.475 e. The molecule has 0 unspecified atom stereocenters. The number of carboxylic acids is 2. The second-order valence-electron chi connectivity index (χ2n) is 8.69. The van der Waals surface area contributed by atoms with Crippen molar-refractivity contribution >= 4 is 17.8 Å². The number of fused-ring (bicyclic) bond motifs is 1. The second-order valence-corrected chi connectivity index (χ2v) is 8.69. The molecule has 1 aliphatic carbocycles. The first-order chi connectivity index (χ1) is 16.7. The number of rotatable bonds is 3. The van der Waals surface area contributed by atoms with Crippen molar-refractivity contribution in [1.29, 1.82) is 0 Å². The molecule has 0 spiro atoms. The van der Waals surface area contributed by atoms with Gasteiger partial charge in [-0.3, -0.25) is 4.90 Å². The number of nitrogens with one attached hydrogen (secondary N) is 1. The van der Waals surface area contributed by atoms with Crippen molar-refractivity contribution in [1.82, 2.24) is 15.1 Å². The summed E-state index contributed by atoms with van der Waals surface area (Å²) in [5.41, 5.74) is 0.956. The summed E-state index contributed by atoms with van der Waals surface area (Å²) in [4.78, 5) is 20.5. The van der Waals surface area contributed by atoms with Gasteiger partial charge in [0, 0.05) is 25.7 Å². The molecule has 1 saturated carbocycles. The SMILES string of the molecule is Cc1ccc(N[C@@H]2CN(C3CCC3)C[C@@H]3CCCO[C@@H]32)nn1.O=C(O)C(F)(F)F.O=C(O)C(F)(F)F. The summed E-state index contributed by atoms with van der Waals surface area (Å²) in [6, 6.07) is 5.18. The fourth-order valence-corrected chi connectivity index (χ4v) is 4.08. The summed E-state index contributed by atoms with van der Waals surface area (Å²) in [5, 5.41) is 26.3. The Morgan fingerprint density at radius 2 is 1.56 bits per heavy atom. The number of alkyl halides is 6. The van der Waals surface area contributed by atoms with Crippen molar-refractivity contribution in [2.45, 2.75) is 69.6 Å². The van der Waals surface area contributed by atoms with Crippen LogP contribution in [0.15, 0.2) is 12.1 Å². The number of carbonyl (C=O) groups is 2. The number of likely N-dealkylation sites (tertiary alicyclic amines) is 1. The van der Waals surface area contributed by atoms with Crippen molar-refractivity contribution in [3.63, 3.8) is 0 Å². The van der Waals surface area contributed by atoms with E-state index in [0.29, 0.717) is 18.1 Å². The molecule has 0 bridgehead atoms. The molecule has 3 heterocycles. The summed E-state index contributed by atoms with van der Waals surface area (Å²) < 4.78 is 69.6. The first-order valence-electron chi connectivity index (χ1n) is 11.2. The van der Waals surface area contributed by atoms with Crippen molar-refractivity contribution in [3.05, 3.63) is 17.8 Å². The minimum absolute atomic E-state index is 0.327. The molecular weight excluding hydrogens is 502 g/mol. The largest absolute Gasteiger partial charge is 0.490 e. The van der Waals surface area contributed by atoms with Crippen LogP contribution in [0, 0.1) is 12.8 Å². The lowest BCUT2D eigenvalue weighted by Gasteiger charge is -2.50. The minimum Gasteiger partial charge on any atom is -0.475 e. The van der Waals surface area contributed by atoms with Crippen LogP contribution in [0.2, 0.25) is 0 Å². The number of carboxylic acid groups (broad SMARTS) is 2. The number of ether oxygens (including phenoxy) is 1. The van der Waals surface area contributed by atoms with Gasteiger partial charge < -0.3 is 20.3 Å². The Labute approximate surface area is 202 Å². The van der Waals surface area contributed by atoms with Gasteiger partial charge in [-0.2, -0.15) is 31.4 Å². The van der Waals surface area contributed by atoms with Crippen LogP contribution in [0.25, 0.3) is 0 Å². The molecule has 3 atom stereocenters. The van der Waals surface area contributed by atoms with E-state index in [1.807, 2.05) is 19.1 Å². The lowest BCUT2D eigenvalue weighted by molar-refractivity contribution is -0.193. The van der Waals surface area contributed by atoms with Gasteiger partial charge in [-0.1, -0.05) is 6.42 Å². The van der Waals surface area contributed by atoms with E-state index in [9.17, 15) is 26.3 Å². The Morgan fingerprint density at radius 1 is 0.972 bits per heavy atom. The Bertz CT molecular complexity index is 840. The van der Waals surface area contributed by atoms with Gasteiger partial charge in [0.2, 0.25) is 0 Å². The highest BCUT2D eigenvalue weighted by atomic mass is 19.4. The number of nitrogens with zero attached hydrogens (tertiary/aromatic N) is 3. The van der Waals surface area contributed by atoms with Gasteiger partial charge in [0.1, 0.15) is 5.82 Å². The third-order valence-electron chi connectivity index (χ3n) is 6.00. The molecule has 1 aromatic rings. The molecule has 4 rings (SSSR count). The van der Waals surface area contributed by atoms with Crippen molar-refractivity contribution in [2.24, 2.45) is 5.92 Å². The molecule has 0 radical (unpaired) electrons. The number of aliphatic carboxylic acids is 2. The summed E-state index contributed by atoms with van der Waals surface area (Å²) in [6.45, 7) is 5.16. The lowest BCUT2D eigenvalue weighted by atomic mass is 9.82. The average molecular weight is 530 g/mol. The molecule has 3 N–H and O–H groups in total. The Hall–Kier alpha value is -2.68. The van der Waals surface area contributed by atoms with Crippen LogP contribution in [-0.2, 0) is 14.3 Å². The molecular formula is C21H28F6N4O5. The van der Waals surface area contributed by atoms with E-state index in [-0.39, 0.29) is 0 Å². The van der Waals surface area contributed by atoms with Crippen LogP contribution < -0.4 is 5.32 Å². The Balaban J connectivity index is 0.000000271. The van der Waals surface area contributed by atoms with Crippen LogP contribution in [0.4, 0.5) is 32.2 Å². The first kappa shape index (κ1) is 29.5. The molecule has 0 amide bonds. The van der Waals surface area contributed by atoms with Gasteiger partial charge >= 0.3 is 24.3 Å². The maximum Gasteiger partial charge on any atom is 0.490 e. The van der Waals surface area contributed by atoms with Crippen molar-refractivity contribution < 1.29 is 50.9 Å². The standard InChI is InChI=1S/C17H26N4O.2C2HF3O2/c1-12-7-8-16(20-19-12)18-15-11-21(14-5-2-6-14)10-13-4-3-9-22-17(13)15;2*3-2(4,5)1(6)7/h7-8,13-15,17H,2-6,9-11H2,1H3,(H,18,20);2*(H,6,7)/t13-,15+,17-;;/m0../s1. The number of aromatic nitrogens is 2. The van der Waals surface area contributed by atoms with Crippen molar-refractivity contribution in [2.75, 3.05) is 25.0 Å². The monoisotopic (exact) mass is 530 g/mol. The van der Waals surface area contributed by atoms with E-state index in [1.165, 1.54) is 38.6 Å². The third kappa shape index (κ3) is 9.08. The van der Waals surface area contributed by atoms with Crippen molar-refractivity contribution in [3.8, 4) is 0 Å². The summed E-state index contributed by atoms with van der Waals surface area (Å²) in [7, 11) is 0. The first-order valence-corrected chi connectivity index (χ1v) is 11.2. The topological polar surface area (TPSA) is 125 Å². The highest BCUT2D eigenvalue weighted by Crippen LogP contribution is 2.34. The van der Waals surface area contributed by atoms with Crippen LogP contribution >= 0.6 is 0 Å². The second kappa shape index (κ2) is 12.5. The maximum absolute atomic E-state index is 10.6. The predicted molar refractivity (Wildman–Crippen MR) is 113 cm³/mol. The molecule has 15 heteroatoms. The average Bonchev–Trinajstić information content (AvgIpc) is 2.74. The number of piperidine rings is 1. The Morgan fingerprint density at radius 3 is 2.00 bits per heavy atom. The molecule has 2 saturated heterocycles. The number of halogens is 6. The van der Waals surface area contributed by atoms with E-state index in [4.69, 9.17) is 24.5 Å². The fourth-order valence-electron chi connectivity index (χ4n) is 4.08. The zero-order chi connectivity index (χ0) is 27.1. The van der Waals surface area contributed by atoms with Crippen LogP contribution in [0.3, 0.4) is 0 Å². The summed E-state index contributed by atoms with van der Waals surface area (Å²) in [5.74, 6) is -3.97. The number of aryl methyl sites for hydroxylation is 1. The number of anilines is 1. The van der Waals surface area contributed by atoms with Crippen LogP contribution in [0.1, 0.15) is 37.8 Å². The van der Waals surface area contributed by atoms with E-state index in [0.717, 1.165) is 30.7 Å². The molecule has 9 nitrogen and oxygen atoms in total. The number of hydrogen-bond donors (Lipinski definition) is 3. The van der Waals surface area contributed by atoms with E-state index in [1.54, 1.807) is 0 Å². The molecule has 0 aromatic carbocycles. The van der Waals surface area contributed by atoms with Crippen LogP contribution in [0.5, 0.6) is 0 Å². The van der Waals surface area contributed by atoms with Gasteiger partial charge in [-0.15, -0.1) is 5.10 Å². The van der Waals surface area contributed by atoms with Gasteiger partial charge in [0.05, 0.1) is 17.8 Å². The highest BCUT2D eigenvalue weighted by Gasteiger charge is 2.42. The molecule has 3 fully saturated rings. The molecule has 204 valence electrons. The van der Waals surface area contributed by atoms with Gasteiger partial charge in [-0.25, -0.2) is 9.59 Å². The molecule has 3 aliphatic rings. The zero-order valence-electron chi connectivity index (χ0n) is 19.3. The quantitative estimate of drug-likeness (QED) is 0.504. The predicted octanol–water partition coefficient (Wildman–Crippen LogP) is 3.50. The third-order valence-corrected chi connectivity index (χ3v) is 6.00. The Kier molecular flexibility index (Phi) is 10.3. The van der Waals surface area contributed by atoms with Gasteiger partial charge in [-0.05, 0) is 50.7 Å². The maximum atomic E-state index is 10.6. The molecule has 2 aliphatic heterocycles.